The molecule has 1 atom stereocenters. The van der Waals surface area contributed by atoms with Crippen LogP contribution >= 0.6 is 0 Å². The summed E-state index contributed by atoms with van der Waals surface area (Å²) < 4.78 is 34.2. The minimum Gasteiger partial charge on any atom is -0.496 e. The Morgan fingerprint density at radius 3 is 2.41 bits per heavy atom. The van der Waals surface area contributed by atoms with E-state index in [0.717, 1.165) is 24.8 Å². The summed E-state index contributed by atoms with van der Waals surface area (Å²) in [6, 6.07) is 13.6. The second-order valence-electron chi connectivity index (χ2n) is 7.21. The maximum atomic E-state index is 13.0. The van der Waals surface area contributed by atoms with Gasteiger partial charge in [-0.05, 0) is 49.4 Å². The van der Waals surface area contributed by atoms with E-state index in [2.05, 4.69) is 4.72 Å². The van der Waals surface area contributed by atoms with Crippen LogP contribution in [-0.2, 0) is 10.0 Å². The number of amides is 1. The highest BCUT2D eigenvalue weighted by Gasteiger charge is 2.26. The Bertz CT molecular complexity index is 939. The predicted octanol–water partition coefficient (Wildman–Crippen LogP) is 3.75. The Labute approximate surface area is 172 Å². The fraction of sp³-hybridized carbons (Fsp3) is 0.409. The number of likely N-dealkylation sites (tertiary alicyclic amines) is 1. The quantitative estimate of drug-likeness (QED) is 0.746. The van der Waals surface area contributed by atoms with Crippen LogP contribution in [0.1, 0.15) is 54.6 Å². The fourth-order valence-corrected chi connectivity index (χ4v) is 4.95. The van der Waals surface area contributed by atoms with Gasteiger partial charge in [-0.15, -0.1) is 0 Å². The number of hydrogen-bond donors (Lipinski definition) is 1. The lowest BCUT2D eigenvalue weighted by Gasteiger charge is -2.27. The van der Waals surface area contributed by atoms with Gasteiger partial charge < -0.3 is 9.64 Å². The first kappa shape index (κ1) is 21.3. The van der Waals surface area contributed by atoms with E-state index in [-0.39, 0.29) is 22.4 Å². The van der Waals surface area contributed by atoms with Crippen LogP contribution in [-0.4, -0.2) is 39.4 Å². The minimum atomic E-state index is -3.81. The molecule has 1 N–H and O–H groups in total. The van der Waals surface area contributed by atoms with Crippen molar-refractivity contribution in [1.82, 2.24) is 9.62 Å². The molecule has 2 aromatic rings. The first-order valence-electron chi connectivity index (χ1n) is 10.0. The summed E-state index contributed by atoms with van der Waals surface area (Å²) in [5.41, 5.74) is 1.18. The molecule has 156 valence electrons. The second kappa shape index (κ2) is 9.41. The molecule has 0 aromatic heterocycles. The van der Waals surface area contributed by atoms with Gasteiger partial charge >= 0.3 is 0 Å². The number of piperidine rings is 1. The van der Waals surface area contributed by atoms with Crippen molar-refractivity contribution in [2.75, 3.05) is 20.2 Å². The molecule has 6 nitrogen and oxygen atoms in total. The zero-order valence-corrected chi connectivity index (χ0v) is 17.7. The summed E-state index contributed by atoms with van der Waals surface area (Å²) in [5, 5.41) is 0. The third kappa shape index (κ3) is 4.97. The Morgan fingerprint density at radius 1 is 1.10 bits per heavy atom. The Morgan fingerprint density at radius 2 is 1.79 bits per heavy atom. The number of hydrogen-bond acceptors (Lipinski definition) is 4. The van der Waals surface area contributed by atoms with Gasteiger partial charge in [0, 0.05) is 19.1 Å². The number of nitrogens with zero attached hydrogens (tertiary/aromatic N) is 1. The van der Waals surface area contributed by atoms with E-state index in [0.29, 0.717) is 25.3 Å². The van der Waals surface area contributed by atoms with Gasteiger partial charge in [-0.25, -0.2) is 13.1 Å². The van der Waals surface area contributed by atoms with Crippen molar-refractivity contribution >= 4 is 15.9 Å². The summed E-state index contributed by atoms with van der Waals surface area (Å²) in [5.74, 6) is 0.198. The van der Waals surface area contributed by atoms with Crippen LogP contribution in [0.15, 0.2) is 53.4 Å². The number of nitrogens with one attached hydrogen (secondary N) is 1. The first-order chi connectivity index (χ1) is 14.0. The van der Waals surface area contributed by atoms with Gasteiger partial charge in [-0.2, -0.15) is 0 Å². The number of carbonyl (C=O) groups is 1. The predicted molar refractivity (Wildman–Crippen MR) is 113 cm³/mol. The topological polar surface area (TPSA) is 75.7 Å². The van der Waals surface area contributed by atoms with Crippen molar-refractivity contribution in [3.05, 3.63) is 59.7 Å². The van der Waals surface area contributed by atoms with Crippen LogP contribution in [0.5, 0.6) is 5.75 Å². The van der Waals surface area contributed by atoms with E-state index < -0.39 is 10.0 Å². The lowest BCUT2D eigenvalue weighted by molar-refractivity contribution is 0.0720. The average Bonchev–Trinajstić information content (AvgIpc) is 2.77. The molecule has 7 heteroatoms. The molecule has 0 saturated carbocycles. The maximum absolute atomic E-state index is 13.0. The summed E-state index contributed by atoms with van der Waals surface area (Å²) >= 11 is 0. The van der Waals surface area contributed by atoms with Crippen molar-refractivity contribution in [2.24, 2.45) is 0 Å². The molecule has 1 heterocycles. The van der Waals surface area contributed by atoms with Crippen LogP contribution in [0.4, 0.5) is 0 Å². The van der Waals surface area contributed by atoms with E-state index in [1.807, 2.05) is 37.3 Å². The van der Waals surface area contributed by atoms with E-state index in [1.165, 1.54) is 19.2 Å². The second-order valence-corrected chi connectivity index (χ2v) is 8.92. The number of ether oxygens (including phenoxy) is 1. The Balaban J connectivity index is 1.90. The molecule has 2 aromatic carbocycles. The van der Waals surface area contributed by atoms with Gasteiger partial charge in [-0.1, -0.05) is 37.3 Å². The normalized spacial score (nSPS) is 15.7. The van der Waals surface area contributed by atoms with E-state index >= 15 is 0 Å². The van der Waals surface area contributed by atoms with Crippen LogP contribution in [0, 0.1) is 0 Å². The number of methoxy groups -OCH3 is 1. The number of sulfonamides is 1. The standard InChI is InChI=1S/C22H28N2O4S/c1-3-20(17-10-6-4-7-11-17)23-29(26,27)18-12-13-21(28-2)19(16-18)22(25)24-14-8-5-9-15-24/h4,6-7,10-13,16,20,23H,3,5,8-9,14-15H2,1-2H3/t20-/m1/s1. The molecule has 3 rings (SSSR count). The molecule has 1 amide bonds. The average molecular weight is 417 g/mol. The molecule has 1 aliphatic heterocycles. The van der Waals surface area contributed by atoms with Gasteiger partial charge in [0.15, 0.2) is 0 Å². The molecule has 0 unspecified atom stereocenters. The molecule has 0 aliphatic carbocycles. The van der Waals surface area contributed by atoms with Crippen LogP contribution in [0.25, 0.3) is 0 Å². The van der Waals surface area contributed by atoms with E-state index in [9.17, 15) is 13.2 Å². The summed E-state index contributed by atoms with van der Waals surface area (Å²) in [7, 11) is -2.32. The smallest absolute Gasteiger partial charge is 0.257 e. The number of benzene rings is 2. The van der Waals surface area contributed by atoms with Crippen molar-refractivity contribution in [2.45, 2.75) is 43.5 Å². The molecular weight excluding hydrogens is 388 g/mol. The van der Waals surface area contributed by atoms with Crippen LogP contribution in [0.2, 0.25) is 0 Å². The molecule has 0 spiro atoms. The van der Waals surface area contributed by atoms with Crippen LogP contribution < -0.4 is 9.46 Å². The molecule has 1 saturated heterocycles. The van der Waals surface area contributed by atoms with Gasteiger partial charge in [0.2, 0.25) is 10.0 Å². The summed E-state index contributed by atoms with van der Waals surface area (Å²) in [6.45, 7) is 3.30. The molecule has 0 radical (unpaired) electrons. The first-order valence-corrected chi connectivity index (χ1v) is 11.5. The van der Waals surface area contributed by atoms with Crippen molar-refractivity contribution in [3.63, 3.8) is 0 Å². The van der Waals surface area contributed by atoms with Crippen LogP contribution in [0.3, 0.4) is 0 Å². The highest BCUT2D eigenvalue weighted by Crippen LogP contribution is 2.27. The number of carbonyl (C=O) groups excluding carboxylic acids is 1. The third-order valence-electron chi connectivity index (χ3n) is 5.26. The minimum absolute atomic E-state index is 0.0630. The van der Waals surface area contributed by atoms with E-state index in [1.54, 1.807) is 11.0 Å². The monoisotopic (exact) mass is 416 g/mol. The molecule has 0 bridgehead atoms. The van der Waals surface area contributed by atoms with Gasteiger partial charge in [-0.3, -0.25) is 4.79 Å². The lowest BCUT2D eigenvalue weighted by Crippen LogP contribution is -2.36. The van der Waals surface area contributed by atoms with Gasteiger partial charge in [0.05, 0.1) is 17.6 Å². The van der Waals surface area contributed by atoms with E-state index in [4.69, 9.17) is 4.74 Å². The number of rotatable bonds is 7. The SMILES string of the molecule is CC[C@@H](NS(=O)(=O)c1ccc(OC)c(C(=O)N2CCCCC2)c1)c1ccccc1. The zero-order chi connectivity index (χ0) is 20.9. The molecule has 1 fully saturated rings. The molecular formula is C22H28N2O4S. The fourth-order valence-electron chi connectivity index (χ4n) is 3.62. The Kier molecular flexibility index (Phi) is 6.92. The largest absolute Gasteiger partial charge is 0.496 e. The third-order valence-corrected chi connectivity index (χ3v) is 6.73. The summed E-state index contributed by atoms with van der Waals surface area (Å²) in [4.78, 5) is 14.8. The Hall–Kier alpha value is -2.38. The van der Waals surface area contributed by atoms with Gasteiger partial charge in [0.25, 0.3) is 5.91 Å². The molecule has 1 aliphatic rings. The lowest BCUT2D eigenvalue weighted by atomic mass is 10.1. The van der Waals surface area contributed by atoms with Crippen molar-refractivity contribution in [1.29, 1.82) is 0 Å². The van der Waals surface area contributed by atoms with Crippen molar-refractivity contribution in [3.8, 4) is 5.75 Å². The zero-order valence-electron chi connectivity index (χ0n) is 16.9. The van der Waals surface area contributed by atoms with Crippen molar-refractivity contribution < 1.29 is 17.9 Å². The maximum Gasteiger partial charge on any atom is 0.257 e. The molecule has 29 heavy (non-hydrogen) atoms. The highest BCUT2D eigenvalue weighted by molar-refractivity contribution is 7.89. The summed E-state index contributed by atoms with van der Waals surface area (Å²) in [6.07, 6.45) is 3.64. The highest BCUT2D eigenvalue weighted by atomic mass is 32.2. The van der Waals surface area contributed by atoms with Gasteiger partial charge in [0.1, 0.15) is 5.75 Å².